The Bertz CT molecular complexity index is 673. The third-order valence-electron chi connectivity index (χ3n) is 2.92. The number of ether oxygens (including phenoxy) is 1. The Morgan fingerprint density at radius 2 is 1.91 bits per heavy atom. The first kappa shape index (κ1) is 17.8. The van der Waals surface area contributed by atoms with Gasteiger partial charge in [-0.2, -0.15) is 0 Å². The zero-order valence-electron chi connectivity index (χ0n) is 13.7. The first-order chi connectivity index (χ1) is 10.7. The van der Waals surface area contributed by atoms with Crippen LogP contribution in [0.3, 0.4) is 0 Å². The standard InChI is InChI=1S/C17H21BrN2O2S/c1-11-13(18)9-12(23-11)10-19-14-7-5-6-8-15(14)20-16(21)22-17(2,3)4/h5-9,19H,10H2,1-4H3,(H,20,21). The van der Waals surface area contributed by atoms with Gasteiger partial charge in [0.1, 0.15) is 5.60 Å². The van der Waals surface area contributed by atoms with Crippen molar-refractivity contribution in [3.8, 4) is 0 Å². The van der Waals surface area contributed by atoms with Crippen molar-refractivity contribution in [1.29, 1.82) is 0 Å². The maximum atomic E-state index is 11.9. The molecule has 4 nitrogen and oxygen atoms in total. The number of thiophene rings is 1. The van der Waals surface area contributed by atoms with E-state index in [4.69, 9.17) is 4.74 Å². The summed E-state index contributed by atoms with van der Waals surface area (Å²) in [5.41, 5.74) is 1.04. The van der Waals surface area contributed by atoms with Gasteiger partial charge in [0.15, 0.2) is 0 Å². The van der Waals surface area contributed by atoms with E-state index in [2.05, 4.69) is 39.6 Å². The van der Waals surface area contributed by atoms with Crippen molar-refractivity contribution in [2.24, 2.45) is 0 Å². The predicted molar refractivity (Wildman–Crippen MR) is 100 cm³/mol. The van der Waals surface area contributed by atoms with E-state index < -0.39 is 11.7 Å². The van der Waals surface area contributed by atoms with Crippen LogP contribution in [-0.2, 0) is 11.3 Å². The molecule has 0 aliphatic carbocycles. The van der Waals surface area contributed by atoms with Crippen LogP contribution in [0.25, 0.3) is 0 Å². The second kappa shape index (κ2) is 7.36. The predicted octanol–water partition coefficient (Wildman–Crippen LogP) is 5.78. The Balaban J connectivity index is 2.04. The first-order valence-electron chi connectivity index (χ1n) is 7.32. The Morgan fingerprint density at radius 3 is 2.48 bits per heavy atom. The number of carbonyl (C=O) groups excluding carboxylic acids is 1. The Labute approximate surface area is 149 Å². The number of benzene rings is 1. The molecule has 0 saturated heterocycles. The van der Waals surface area contributed by atoms with Gasteiger partial charge in [-0.3, -0.25) is 5.32 Å². The number of nitrogens with one attached hydrogen (secondary N) is 2. The number of amides is 1. The fourth-order valence-corrected chi connectivity index (χ4v) is 3.49. The normalized spacial score (nSPS) is 11.2. The minimum atomic E-state index is -0.521. The molecule has 23 heavy (non-hydrogen) atoms. The summed E-state index contributed by atoms with van der Waals surface area (Å²) in [5.74, 6) is 0. The van der Waals surface area contributed by atoms with E-state index in [-0.39, 0.29) is 0 Å². The summed E-state index contributed by atoms with van der Waals surface area (Å²) in [6.45, 7) is 8.30. The highest BCUT2D eigenvalue weighted by Gasteiger charge is 2.17. The summed E-state index contributed by atoms with van der Waals surface area (Å²) in [6.07, 6.45) is -0.457. The zero-order chi connectivity index (χ0) is 17.0. The number of para-hydroxylation sites is 2. The first-order valence-corrected chi connectivity index (χ1v) is 8.93. The number of rotatable bonds is 4. The Hall–Kier alpha value is -1.53. The summed E-state index contributed by atoms with van der Waals surface area (Å²) < 4.78 is 6.42. The molecule has 0 aliphatic heterocycles. The molecule has 2 aromatic rings. The second-order valence-corrected chi connectivity index (χ2v) is 8.34. The molecule has 1 aromatic carbocycles. The SMILES string of the molecule is Cc1sc(CNc2ccccc2NC(=O)OC(C)(C)C)cc1Br. The summed E-state index contributed by atoms with van der Waals surface area (Å²) in [6, 6.07) is 9.70. The van der Waals surface area contributed by atoms with Crippen LogP contribution in [0.15, 0.2) is 34.8 Å². The van der Waals surface area contributed by atoms with Crippen molar-refractivity contribution in [3.63, 3.8) is 0 Å². The summed E-state index contributed by atoms with van der Waals surface area (Å²) in [4.78, 5) is 14.4. The molecule has 2 N–H and O–H groups in total. The molecule has 124 valence electrons. The van der Waals surface area contributed by atoms with E-state index in [1.54, 1.807) is 11.3 Å². The number of carbonyl (C=O) groups is 1. The van der Waals surface area contributed by atoms with Gasteiger partial charge in [-0.15, -0.1) is 11.3 Å². The molecule has 0 fully saturated rings. The van der Waals surface area contributed by atoms with Crippen molar-refractivity contribution in [2.75, 3.05) is 10.6 Å². The Kier molecular flexibility index (Phi) is 5.70. The average Bonchev–Trinajstić information content (AvgIpc) is 2.75. The molecule has 1 heterocycles. The number of hydrogen-bond acceptors (Lipinski definition) is 4. The molecule has 2 rings (SSSR count). The lowest BCUT2D eigenvalue weighted by atomic mass is 10.2. The molecule has 1 aromatic heterocycles. The highest BCUT2D eigenvalue weighted by atomic mass is 79.9. The Morgan fingerprint density at radius 1 is 1.26 bits per heavy atom. The number of halogens is 1. The van der Waals surface area contributed by atoms with Crippen molar-refractivity contribution in [2.45, 2.75) is 39.8 Å². The summed E-state index contributed by atoms with van der Waals surface area (Å²) >= 11 is 5.27. The van der Waals surface area contributed by atoms with E-state index in [1.165, 1.54) is 9.75 Å². The van der Waals surface area contributed by atoms with Crippen molar-refractivity contribution >= 4 is 44.7 Å². The maximum Gasteiger partial charge on any atom is 0.412 e. The fraction of sp³-hybridized carbons (Fsp3) is 0.353. The average molecular weight is 397 g/mol. The molecule has 0 saturated carbocycles. The zero-order valence-corrected chi connectivity index (χ0v) is 16.1. The summed E-state index contributed by atoms with van der Waals surface area (Å²) in [5, 5.41) is 6.15. The van der Waals surface area contributed by atoms with E-state index in [1.807, 2.05) is 45.0 Å². The van der Waals surface area contributed by atoms with Crippen LogP contribution in [0.5, 0.6) is 0 Å². The number of hydrogen-bond donors (Lipinski definition) is 2. The second-order valence-electron chi connectivity index (χ2n) is 6.14. The molecular formula is C17H21BrN2O2S. The van der Waals surface area contributed by atoms with Gasteiger partial charge in [-0.25, -0.2) is 4.79 Å². The quantitative estimate of drug-likeness (QED) is 0.688. The fourth-order valence-electron chi connectivity index (χ4n) is 1.95. The minimum Gasteiger partial charge on any atom is -0.444 e. The van der Waals surface area contributed by atoms with Crippen LogP contribution in [0.2, 0.25) is 0 Å². The van der Waals surface area contributed by atoms with Gasteiger partial charge in [-0.1, -0.05) is 12.1 Å². The lowest BCUT2D eigenvalue weighted by Gasteiger charge is -2.20. The molecule has 0 spiro atoms. The lowest BCUT2D eigenvalue weighted by molar-refractivity contribution is 0.0636. The summed E-state index contributed by atoms with van der Waals surface area (Å²) in [7, 11) is 0. The monoisotopic (exact) mass is 396 g/mol. The van der Waals surface area contributed by atoms with Crippen LogP contribution in [0, 0.1) is 6.92 Å². The molecule has 0 radical (unpaired) electrons. The molecule has 0 atom stereocenters. The molecule has 0 unspecified atom stereocenters. The largest absolute Gasteiger partial charge is 0.444 e. The van der Waals surface area contributed by atoms with Crippen LogP contribution in [0.1, 0.15) is 30.5 Å². The highest BCUT2D eigenvalue weighted by Crippen LogP contribution is 2.28. The molecule has 1 amide bonds. The van der Waals surface area contributed by atoms with E-state index in [0.717, 1.165) is 10.2 Å². The van der Waals surface area contributed by atoms with Crippen LogP contribution in [-0.4, -0.2) is 11.7 Å². The van der Waals surface area contributed by atoms with Crippen molar-refractivity contribution in [1.82, 2.24) is 0 Å². The lowest BCUT2D eigenvalue weighted by Crippen LogP contribution is -2.27. The van der Waals surface area contributed by atoms with Gasteiger partial charge in [0.2, 0.25) is 0 Å². The molecular weight excluding hydrogens is 376 g/mol. The van der Waals surface area contributed by atoms with Crippen LogP contribution < -0.4 is 10.6 Å². The van der Waals surface area contributed by atoms with Crippen molar-refractivity contribution in [3.05, 3.63) is 44.6 Å². The highest BCUT2D eigenvalue weighted by molar-refractivity contribution is 9.10. The number of aryl methyl sites for hydroxylation is 1. The maximum absolute atomic E-state index is 11.9. The number of anilines is 2. The van der Waals surface area contributed by atoms with Gasteiger partial charge in [-0.05, 0) is 61.8 Å². The third kappa shape index (κ3) is 5.55. The topological polar surface area (TPSA) is 50.4 Å². The van der Waals surface area contributed by atoms with Crippen LogP contribution >= 0.6 is 27.3 Å². The molecule has 6 heteroatoms. The van der Waals surface area contributed by atoms with Gasteiger partial charge in [0.25, 0.3) is 0 Å². The van der Waals surface area contributed by atoms with Gasteiger partial charge >= 0.3 is 6.09 Å². The van der Waals surface area contributed by atoms with E-state index in [9.17, 15) is 4.79 Å². The molecule has 0 aliphatic rings. The van der Waals surface area contributed by atoms with Crippen molar-refractivity contribution < 1.29 is 9.53 Å². The van der Waals surface area contributed by atoms with Gasteiger partial charge in [0.05, 0.1) is 11.4 Å². The minimum absolute atomic E-state index is 0.457. The third-order valence-corrected chi connectivity index (χ3v) is 5.06. The van der Waals surface area contributed by atoms with Gasteiger partial charge < -0.3 is 10.1 Å². The van der Waals surface area contributed by atoms with Gasteiger partial charge in [0, 0.05) is 20.8 Å². The van der Waals surface area contributed by atoms with E-state index in [0.29, 0.717) is 12.2 Å². The van der Waals surface area contributed by atoms with Crippen LogP contribution in [0.4, 0.5) is 16.2 Å². The smallest absolute Gasteiger partial charge is 0.412 e. The molecule has 0 bridgehead atoms. The van der Waals surface area contributed by atoms with E-state index >= 15 is 0 Å².